The van der Waals surface area contributed by atoms with E-state index < -0.39 is 18.5 Å². The van der Waals surface area contributed by atoms with Crippen molar-refractivity contribution in [2.75, 3.05) is 17.2 Å². The quantitative estimate of drug-likeness (QED) is 0.721. The molecule has 0 bridgehead atoms. The molecule has 0 spiro atoms. The maximum atomic E-state index is 12.2. The number of benzene rings is 2. The van der Waals surface area contributed by atoms with Crippen molar-refractivity contribution in [2.45, 2.75) is 19.3 Å². The van der Waals surface area contributed by atoms with Crippen LogP contribution >= 0.6 is 0 Å². The van der Waals surface area contributed by atoms with Crippen LogP contribution in [0.25, 0.3) is 0 Å². The summed E-state index contributed by atoms with van der Waals surface area (Å²) < 4.78 is 5.04. The molecule has 142 valence electrons. The zero-order valence-electron chi connectivity index (χ0n) is 15.1. The van der Waals surface area contributed by atoms with Gasteiger partial charge in [-0.15, -0.1) is 0 Å². The first-order chi connectivity index (χ1) is 13.5. The van der Waals surface area contributed by atoms with Crippen LogP contribution in [0.2, 0.25) is 0 Å². The van der Waals surface area contributed by atoms with Gasteiger partial charge in [-0.05, 0) is 48.7 Å². The summed E-state index contributed by atoms with van der Waals surface area (Å²) in [6.45, 7) is -0.433. The maximum absolute atomic E-state index is 12.2. The highest BCUT2D eigenvalue weighted by molar-refractivity contribution is 5.98. The predicted molar refractivity (Wildman–Crippen MR) is 102 cm³/mol. The van der Waals surface area contributed by atoms with Crippen molar-refractivity contribution in [3.05, 3.63) is 59.7 Å². The smallest absolute Gasteiger partial charge is 0.338 e. The average molecular weight is 377 g/mol. The van der Waals surface area contributed by atoms with E-state index in [-0.39, 0.29) is 17.4 Å². The number of amides is 2. The topological polar surface area (TPSA) is 108 Å². The van der Waals surface area contributed by atoms with Gasteiger partial charge in [-0.2, -0.15) is 5.26 Å². The molecule has 1 aliphatic rings. The van der Waals surface area contributed by atoms with Crippen molar-refractivity contribution in [2.24, 2.45) is 5.92 Å². The molecule has 7 nitrogen and oxygen atoms in total. The van der Waals surface area contributed by atoms with Gasteiger partial charge in [-0.25, -0.2) is 4.79 Å². The number of carbonyl (C=O) groups excluding carboxylic acids is 3. The Hall–Kier alpha value is -3.66. The summed E-state index contributed by atoms with van der Waals surface area (Å²) in [6.07, 6.45) is 2.08. The van der Waals surface area contributed by atoms with Crippen LogP contribution < -0.4 is 10.6 Å². The lowest BCUT2D eigenvalue weighted by atomic mass is 10.1. The molecule has 2 aromatic carbocycles. The fraction of sp³-hybridized carbons (Fsp3) is 0.238. The number of hydrogen-bond donors (Lipinski definition) is 2. The van der Waals surface area contributed by atoms with Gasteiger partial charge in [0.1, 0.15) is 0 Å². The minimum atomic E-state index is -0.651. The van der Waals surface area contributed by atoms with E-state index in [0.29, 0.717) is 17.8 Å². The van der Waals surface area contributed by atoms with Crippen molar-refractivity contribution >= 4 is 29.2 Å². The first kappa shape index (κ1) is 19.1. The second kappa shape index (κ2) is 8.82. The molecule has 0 saturated heterocycles. The number of anilines is 2. The van der Waals surface area contributed by atoms with E-state index in [1.165, 1.54) is 6.07 Å². The van der Waals surface area contributed by atoms with Crippen LogP contribution in [0.4, 0.5) is 11.4 Å². The largest absolute Gasteiger partial charge is 0.452 e. The van der Waals surface area contributed by atoms with Crippen molar-refractivity contribution in [3.8, 4) is 6.07 Å². The lowest BCUT2D eigenvalue weighted by Gasteiger charge is -2.08. The Balaban J connectivity index is 1.49. The molecule has 2 N–H and O–H groups in total. The Morgan fingerprint density at radius 2 is 1.79 bits per heavy atom. The maximum Gasteiger partial charge on any atom is 0.338 e. The van der Waals surface area contributed by atoms with Crippen LogP contribution in [-0.4, -0.2) is 24.4 Å². The number of nitrogens with one attached hydrogen (secondary N) is 2. The summed E-state index contributed by atoms with van der Waals surface area (Å²) in [7, 11) is 0. The molecule has 2 aromatic rings. The highest BCUT2D eigenvalue weighted by Gasteiger charge is 2.29. The predicted octanol–water partition coefficient (Wildman–Crippen LogP) is 2.90. The normalized spacial score (nSPS) is 12.5. The fourth-order valence-electron chi connectivity index (χ4n) is 2.52. The fourth-order valence-corrected chi connectivity index (χ4v) is 2.52. The third kappa shape index (κ3) is 5.42. The Labute approximate surface area is 162 Å². The molecule has 3 rings (SSSR count). The van der Waals surface area contributed by atoms with Crippen LogP contribution in [-0.2, 0) is 20.7 Å². The summed E-state index contributed by atoms with van der Waals surface area (Å²) in [4.78, 5) is 35.9. The highest BCUT2D eigenvalue weighted by atomic mass is 16.5. The Morgan fingerprint density at radius 1 is 1.04 bits per heavy atom. The number of ether oxygens (including phenoxy) is 1. The monoisotopic (exact) mass is 377 g/mol. The van der Waals surface area contributed by atoms with Crippen LogP contribution in [0.3, 0.4) is 0 Å². The number of carbonyl (C=O) groups is 3. The van der Waals surface area contributed by atoms with Gasteiger partial charge in [0.2, 0.25) is 5.91 Å². The number of nitriles is 1. The second-order valence-electron chi connectivity index (χ2n) is 6.50. The van der Waals surface area contributed by atoms with Gasteiger partial charge in [-0.1, -0.05) is 18.2 Å². The van der Waals surface area contributed by atoms with Gasteiger partial charge >= 0.3 is 5.97 Å². The lowest BCUT2D eigenvalue weighted by Crippen LogP contribution is -2.21. The molecule has 2 amide bonds. The number of hydrogen-bond acceptors (Lipinski definition) is 5. The summed E-state index contributed by atoms with van der Waals surface area (Å²) >= 11 is 0. The molecular formula is C21H19N3O4. The molecule has 0 radical (unpaired) electrons. The lowest BCUT2D eigenvalue weighted by molar-refractivity contribution is -0.119. The van der Waals surface area contributed by atoms with Gasteiger partial charge in [0.25, 0.3) is 5.91 Å². The van der Waals surface area contributed by atoms with Gasteiger partial charge < -0.3 is 15.4 Å². The number of esters is 1. The van der Waals surface area contributed by atoms with Crippen LogP contribution in [0.5, 0.6) is 0 Å². The molecule has 1 fully saturated rings. The van der Waals surface area contributed by atoms with Gasteiger partial charge in [-0.3, -0.25) is 9.59 Å². The minimum Gasteiger partial charge on any atom is -0.452 e. The van der Waals surface area contributed by atoms with Gasteiger partial charge in [0.15, 0.2) is 6.61 Å². The van der Waals surface area contributed by atoms with Crippen molar-refractivity contribution in [3.63, 3.8) is 0 Å². The van der Waals surface area contributed by atoms with E-state index in [2.05, 4.69) is 10.6 Å². The molecule has 0 aromatic heterocycles. The average Bonchev–Trinajstić information content (AvgIpc) is 3.53. The summed E-state index contributed by atoms with van der Waals surface area (Å²) in [5.74, 6) is -1.11. The number of nitrogens with zero attached hydrogens (tertiary/aromatic N) is 1. The molecule has 7 heteroatoms. The van der Waals surface area contributed by atoms with Crippen LogP contribution in [0, 0.1) is 17.2 Å². The molecule has 0 atom stereocenters. The van der Waals surface area contributed by atoms with Crippen LogP contribution in [0.1, 0.15) is 28.8 Å². The molecule has 0 unspecified atom stereocenters. The minimum absolute atomic E-state index is 0.0503. The Morgan fingerprint density at radius 3 is 2.46 bits per heavy atom. The first-order valence-electron chi connectivity index (χ1n) is 8.89. The molecule has 1 aliphatic carbocycles. The third-order valence-electron chi connectivity index (χ3n) is 4.17. The zero-order chi connectivity index (χ0) is 19.9. The van der Waals surface area contributed by atoms with E-state index in [1.807, 2.05) is 6.07 Å². The van der Waals surface area contributed by atoms with E-state index >= 15 is 0 Å². The summed E-state index contributed by atoms with van der Waals surface area (Å²) in [5.41, 5.74) is 2.17. The van der Waals surface area contributed by atoms with Gasteiger partial charge in [0, 0.05) is 17.3 Å². The first-order valence-corrected chi connectivity index (χ1v) is 8.89. The van der Waals surface area contributed by atoms with Gasteiger partial charge in [0.05, 0.1) is 18.1 Å². The summed E-state index contributed by atoms with van der Waals surface area (Å²) in [5, 5.41) is 14.0. The molecular weight excluding hydrogens is 358 g/mol. The van der Waals surface area contributed by atoms with Crippen molar-refractivity contribution in [1.29, 1.82) is 5.26 Å². The zero-order valence-corrected chi connectivity index (χ0v) is 15.1. The summed E-state index contributed by atoms with van der Waals surface area (Å²) in [6, 6.07) is 15.3. The SMILES string of the molecule is N#CCc1ccc(NC(=O)COC(=O)c2cccc(NC(=O)C3CC3)c2)cc1. The van der Waals surface area contributed by atoms with Crippen molar-refractivity contribution in [1.82, 2.24) is 0 Å². The molecule has 0 heterocycles. The third-order valence-corrected chi connectivity index (χ3v) is 4.17. The van der Waals surface area contributed by atoms with Crippen LogP contribution in [0.15, 0.2) is 48.5 Å². The van der Waals surface area contributed by atoms with E-state index in [4.69, 9.17) is 10.00 Å². The molecule has 0 aliphatic heterocycles. The standard InChI is InChI=1S/C21H19N3O4/c22-11-10-14-4-8-17(9-5-14)23-19(25)13-28-21(27)16-2-1-3-18(12-16)24-20(26)15-6-7-15/h1-5,8-9,12,15H,6-7,10,13H2,(H,23,25)(H,24,26). The molecule has 1 saturated carbocycles. The Bertz CT molecular complexity index is 927. The van der Waals surface area contributed by atoms with E-state index in [1.54, 1.807) is 42.5 Å². The van der Waals surface area contributed by atoms with E-state index in [0.717, 1.165) is 18.4 Å². The second-order valence-corrected chi connectivity index (χ2v) is 6.50. The Kier molecular flexibility index (Phi) is 6.02. The number of rotatable bonds is 7. The van der Waals surface area contributed by atoms with E-state index in [9.17, 15) is 14.4 Å². The molecule has 28 heavy (non-hydrogen) atoms. The van der Waals surface area contributed by atoms with Crippen molar-refractivity contribution < 1.29 is 19.1 Å². The highest BCUT2D eigenvalue weighted by Crippen LogP contribution is 2.30.